The maximum atomic E-state index is 9.32. The molecule has 1 aliphatic rings. The highest BCUT2D eigenvalue weighted by Crippen LogP contribution is 2.50. The Hall–Kier alpha value is -0.0800. The van der Waals surface area contributed by atoms with Crippen LogP contribution in [0.5, 0.6) is 0 Å². The fourth-order valence-corrected chi connectivity index (χ4v) is 1.41. The van der Waals surface area contributed by atoms with E-state index in [1.807, 2.05) is 13.8 Å². The van der Waals surface area contributed by atoms with E-state index in [4.69, 9.17) is 4.74 Å². The van der Waals surface area contributed by atoms with Gasteiger partial charge in [0.15, 0.2) is 5.79 Å². The van der Waals surface area contributed by atoms with Crippen LogP contribution in [-0.4, -0.2) is 16.5 Å². The van der Waals surface area contributed by atoms with E-state index in [0.717, 1.165) is 12.8 Å². The first-order valence-corrected chi connectivity index (χ1v) is 3.50. The molecule has 0 aromatic heterocycles. The van der Waals surface area contributed by atoms with Crippen LogP contribution in [0, 0.1) is 0 Å². The summed E-state index contributed by atoms with van der Waals surface area (Å²) >= 11 is 0. The first kappa shape index (κ1) is 7.03. The van der Waals surface area contributed by atoms with Gasteiger partial charge < -0.3 is 9.84 Å². The molecular weight excluding hydrogens is 116 g/mol. The molecule has 2 heteroatoms. The highest BCUT2D eigenvalue weighted by atomic mass is 16.7. The van der Waals surface area contributed by atoms with Crippen molar-refractivity contribution in [2.75, 3.05) is 0 Å². The third kappa shape index (κ3) is 0.775. The van der Waals surface area contributed by atoms with Crippen LogP contribution in [0.2, 0.25) is 0 Å². The lowest BCUT2D eigenvalue weighted by Gasteiger charge is -2.06. The standard InChI is InChI=1S/C7H14O2/c1-4-7(5-2)6(3,8)9-7/h8H,4-5H2,1-3H3. The molecule has 0 spiro atoms. The quantitative estimate of drug-likeness (QED) is 0.571. The molecule has 1 fully saturated rings. The van der Waals surface area contributed by atoms with Gasteiger partial charge in [0.05, 0.1) is 0 Å². The van der Waals surface area contributed by atoms with E-state index in [2.05, 4.69) is 0 Å². The lowest BCUT2D eigenvalue weighted by Crippen LogP contribution is -2.20. The second-order valence-electron chi connectivity index (χ2n) is 2.79. The molecule has 0 aromatic rings. The molecule has 0 amide bonds. The first-order chi connectivity index (χ1) is 4.08. The van der Waals surface area contributed by atoms with Crippen LogP contribution < -0.4 is 0 Å². The normalized spacial score (nSPS) is 38.7. The zero-order chi connectivity index (χ0) is 7.12. The van der Waals surface area contributed by atoms with E-state index in [1.165, 1.54) is 0 Å². The van der Waals surface area contributed by atoms with Gasteiger partial charge in [0.1, 0.15) is 5.60 Å². The SMILES string of the molecule is CCC1(CC)OC1(C)O. The van der Waals surface area contributed by atoms with Crippen molar-refractivity contribution in [1.82, 2.24) is 0 Å². The Kier molecular flexibility index (Phi) is 1.33. The van der Waals surface area contributed by atoms with E-state index in [0.29, 0.717) is 0 Å². The van der Waals surface area contributed by atoms with Crippen LogP contribution in [0.3, 0.4) is 0 Å². The Labute approximate surface area is 55.8 Å². The first-order valence-electron chi connectivity index (χ1n) is 3.50. The lowest BCUT2D eigenvalue weighted by atomic mass is 9.98. The second kappa shape index (κ2) is 1.70. The molecule has 1 saturated heterocycles. The summed E-state index contributed by atoms with van der Waals surface area (Å²) < 4.78 is 5.15. The summed E-state index contributed by atoms with van der Waals surface area (Å²) in [4.78, 5) is 0. The average Bonchev–Trinajstić information content (AvgIpc) is 2.35. The minimum atomic E-state index is -0.837. The van der Waals surface area contributed by atoms with E-state index in [1.54, 1.807) is 6.92 Å². The Morgan fingerprint density at radius 1 is 1.33 bits per heavy atom. The molecule has 0 aliphatic carbocycles. The summed E-state index contributed by atoms with van der Waals surface area (Å²) in [7, 11) is 0. The highest BCUT2D eigenvalue weighted by molar-refractivity contribution is 5.04. The molecule has 54 valence electrons. The van der Waals surface area contributed by atoms with Crippen LogP contribution in [0.1, 0.15) is 33.6 Å². The van der Waals surface area contributed by atoms with Crippen LogP contribution in [0.15, 0.2) is 0 Å². The fraction of sp³-hybridized carbons (Fsp3) is 1.00. The molecule has 1 N–H and O–H groups in total. The second-order valence-corrected chi connectivity index (χ2v) is 2.79. The van der Waals surface area contributed by atoms with Crippen LogP contribution in [0.4, 0.5) is 0 Å². The number of hydrogen-bond acceptors (Lipinski definition) is 2. The van der Waals surface area contributed by atoms with Gasteiger partial charge in [-0.15, -0.1) is 0 Å². The average molecular weight is 130 g/mol. The van der Waals surface area contributed by atoms with Gasteiger partial charge in [0, 0.05) is 0 Å². The lowest BCUT2D eigenvalue weighted by molar-refractivity contribution is 0.0547. The minimum Gasteiger partial charge on any atom is -0.363 e. The largest absolute Gasteiger partial charge is 0.363 e. The van der Waals surface area contributed by atoms with Gasteiger partial charge in [-0.05, 0) is 19.8 Å². The Bertz CT molecular complexity index is 114. The fourth-order valence-electron chi connectivity index (χ4n) is 1.41. The Balaban J connectivity index is 2.57. The van der Waals surface area contributed by atoms with Crippen LogP contribution >= 0.6 is 0 Å². The van der Waals surface area contributed by atoms with Gasteiger partial charge in [0.25, 0.3) is 0 Å². The van der Waals surface area contributed by atoms with Crippen LogP contribution in [0.25, 0.3) is 0 Å². The van der Waals surface area contributed by atoms with Gasteiger partial charge in [0.2, 0.25) is 0 Å². The minimum absolute atomic E-state index is 0.215. The zero-order valence-electron chi connectivity index (χ0n) is 6.27. The third-order valence-corrected chi connectivity index (χ3v) is 2.34. The van der Waals surface area contributed by atoms with Gasteiger partial charge in [-0.2, -0.15) is 0 Å². The molecule has 9 heavy (non-hydrogen) atoms. The summed E-state index contributed by atoms with van der Waals surface area (Å²) in [6.07, 6.45) is 1.80. The predicted molar refractivity (Wildman–Crippen MR) is 35.0 cm³/mol. The summed E-state index contributed by atoms with van der Waals surface area (Å²) in [5.74, 6) is -0.837. The molecule has 1 rings (SSSR count). The zero-order valence-corrected chi connectivity index (χ0v) is 6.27. The van der Waals surface area contributed by atoms with Gasteiger partial charge >= 0.3 is 0 Å². The van der Waals surface area contributed by atoms with Crippen molar-refractivity contribution < 1.29 is 9.84 Å². The van der Waals surface area contributed by atoms with Crippen molar-refractivity contribution in [2.24, 2.45) is 0 Å². The summed E-state index contributed by atoms with van der Waals surface area (Å²) in [5.41, 5.74) is -0.215. The molecule has 2 nitrogen and oxygen atoms in total. The number of ether oxygens (including phenoxy) is 1. The molecule has 1 unspecified atom stereocenters. The number of epoxide rings is 1. The third-order valence-electron chi connectivity index (χ3n) is 2.34. The molecular formula is C7H14O2. The van der Waals surface area contributed by atoms with Crippen molar-refractivity contribution >= 4 is 0 Å². The van der Waals surface area contributed by atoms with E-state index < -0.39 is 5.79 Å². The van der Waals surface area contributed by atoms with Crippen molar-refractivity contribution in [1.29, 1.82) is 0 Å². The van der Waals surface area contributed by atoms with E-state index >= 15 is 0 Å². The number of rotatable bonds is 2. The number of hydrogen-bond donors (Lipinski definition) is 1. The Morgan fingerprint density at radius 2 is 1.67 bits per heavy atom. The van der Waals surface area contributed by atoms with E-state index in [-0.39, 0.29) is 5.60 Å². The van der Waals surface area contributed by atoms with Crippen molar-refractivity contribution in [3.05, 3.63) is 0 Å². The molecule has 0 aromatic carbocycles. The maximum absolute atomic E-state index is 9.32. The van der Waals surface area contributed by atoms with E-state index in [9.17, 15) is 5.11 Å². The molecule has 0 bridgehead atoms. The predicted octanol–water partition coefficient (Wildman–Crippen LogP) is 1.28. The molecule has 0 radical (unpaired) electrons. The summed E-state index contributed by atoms with van der Waals surface area (Å²) in [6, 6.07) is 0. The molecule has 1 aliphatic heterocycles. The van der Waals surface area contributed by atoms with Gasteiger partial charge in [-0.3, -0.25) is 0 Å². The van der Waals surface area contributed by atoms with Gasteiger partial charge in [-0.1, -0.05) is 13.8 Å². The number of aliphatic hydroxyl groups is 1. The van der Waals surface area contributed by atoms with Gasteiger partial charge in [-0.25, -0.2) is 0 Å². The molecule has 0 saturated carbocycles. The van der Waals surface area contributed by atoms with Crippen molar-refractivity contribution in [2.45, 2.75) is 45.0 Å². The monoisotopic (exact) mass is 130 g/mol. The topological polar surface area (TPSA) is 32.8 Å². The smallest absolute Gasteiger partial charge is 0.193 e. The highest BCUT2D eigenvalue weighted by Gasteiger charge is 2.63. The molecule has 1 atom stereocenters. The van der Waals surface area contributed by atoms with Crippen LogP contribution in [-0.2, 0) is 4.74 Å². The van der Waals surface area contributed by atoms with Crippen molar-refractivity contribution in [3.63, 3.8) is 0 Å². The maximum Gasteiger partial charge on any atom is 0.193 e. The summed E-state index contributed by atoms with van der Waals surface area (Å²) in [6.45, 7) is 5.79. The van der Waals surface area contributed by atoms with Crippen molar-refractivity contribution in [3.8, 4) is 0 Å². The molecule has 1 heterocycles. The Morgan fingerprint density at radius 3 is 1.67 bits per heavy atom. The summed E-state index contributed by atoms with van der Waals surface area (Å²) in [5, 5.41) is 9.32.